The molecule has 0 spiro atoms. The minimum atomic E-state index is -3.43. The molecule has 0 aromatic rings. The van der Waals surface area contributed by atoms with Crippen molar-refractivity contribution in [1.82, 2.24) is 0 Å². The maximum atomic E-state index is 11.1. The highest BCUT2D eigenvalue weighted by Crippen LogP contribution is 2.47. The molecule has 0 N–H and O–H groups in total. The van der Waals surface area contributed by atoms with Crippen LogP contribution in [0.2, 0.25) is 0 Å². The lowest BCUT2D eigenvalue weighted by atomic mass is 9.68. The van der Waals surface area contributed by atoms with Gasteiger partial charge >= 0.3 is 0 Å². The van der Waals surface area contributed by atoms with Gasteiger partial charge in [0.15, 0.2) is 0 Å². The Balaban J connectivity index is 2.70. The van der Waals surface area contributed by atoms with Crippen molar-refractivity contribution in [2.45, 2.75) is 38.5 Å². The number of ether oxygens (including phenoxy) is 1. The molecule has 0 radical (unpaired) electrons. The molecule has 1 aliphatic carbocycles. The summed E-state index contributed by atoms with van der Waals surface area (Å²) < 4.78 is 27.6. The Morgan fingerprint density at radius 1 is 1.54 bits per heavy atom. The first kappa shape index (κ1) is 11.3. The Morgan fingerprint density at radius 2 is 2.08 bits per heavy atom. The SMILES string of the molecule is CCOC1CC(S(=O)(=O)Cl)C1(C)C. The first-order chi connectivity index (χ1) is 5.80. The van der Waals surface area contributed by atoms with E-state index >= 15 is 0 Å². The van der Waals surface area contributed by atoms with Gasteiger partial charge in [-0.05, 0) is 13.3 Å². The highest BCUT2D eigenvalue weighted by atomic mass is 35.7. The average Bonchev–Trinajstić information content (AvgIpc) is 1.94. The van der Waals surface area contributed by atoms with Gasteiger partial charge in [-0.25, -0.2) is 8.42 Å². The summed E-state index contributed by atoms with van der Waals surface area (Å²) in [7, 11) is 1.87. The zero-order valence-electron chi connectivity index (χ0n) is 8.08. The fourth-order valence-electron chi connectivity index (χ4n) is 1.81. The molecular formula is C8H15ClO3S. The normalized spacial score (nSPS) is 32.6. The van der Waals surface area contributed by atoms with E-state index in [4.69, 9.17) is 15.4 Å². The Hall–Kier alpha value is 0.200. The van der Waals surface area contributed by atoms with E-state index < -0.39 is 14.3 Å². The lowest BCUT2D eigenvalue weighted by Gasteiger charge is -2.49. The van der Waals surface area contributed by atoms with E-state index in [1.165, 1.54) is 0 Å². The minimum absolute atomic E-state index is 0.0241. The topological polar surface area (TPSA) is 43.4 Å². The molecule has 2 atom stereocenters. The van der Waals surface area contributed by atoms with E-state index in [0.717, 1.165) is 0 Å². The molecule has 0 amide bonds. The van der Waals surface area contributed by atoms with E-state index in [0.29, 0.717) is 13.0 Å². The highest BCUT2D eigenvalue weighted by molar-refractivity contribution is 8.14. The molecule has 0 heterocycles. The summed E-state index contributed by atoms with van der Waals surface area (Å²) >= 11 is 0. The van der Waals surface area contributed by atoms with Gasteiger partial charge in [-0.2, -0.15) is 0 Å². The van der Waals surface area contributed by atoms with Crippen LogP contribution < -0.4 is 0 Å². The molecule has 0 aromatic heterocycles. The Morgan fingerprint density at radius 3 is 2.38 bits per heavy atom. The largest absolute Gasteiger partial charge is 0.378 e. The molecule has 0 saturated heterocycles. The first-order valence-corrected chi connectivity index (χ1v) is 6.72. The summed E-state index contributed by atoms with van der Waals surface area (Å²) in [5.41, 5.74) is -0.351. The van der Waals surface area contributed by atoms with Crippen molar-refractivity contribution in [3.63, 3.8) is 0 Å². The van der Waals surface area contributed by atoms with Crippen molar-refractivity contribution in [2.75, 3.05) is 6.61 Å². The van der Waals surface area contributed by atoms with Crippen molar-refractivity contribution in [3.05, 3.63) is 0 Å². The van der Waals surface area contributed by atoms with Gasteiger partial charge in [0.05, 0.1) is 11.4 Å². The van der Waals surface area contributed by atoms with Crippen molar-refractivity contribution < 1.29 is 13.2 Å². The molecule has 1 aliphatic rings. The van der Waals surface area contributed by atoms with Crippen LogP contribution in [0.3, 0.4) is 0 Å². The first-order valence-electron chi connectivity index (χ1n) is 4.35. The summed E-state index contributed by atoms with van der Waals surface area (Å²) in [5, 5.41) is -0.460. The van der Waals surface area contributed by atoms with Gasteiger partial charge in [-0.3, -0.25) is 0 Å². The van der Waals surface area contributed by atoms with Gasteiger partial charge in [0, 0.05) is 22.7 Å². The number of hydrogen-bond donors (Lipinski definition) is 0. The molecule has 0 aromatic carbocycles. The second-order valence-corrected chi connectivity index (χ2v) is 6.78. The predicted molar refractivity (Wildman–Crippen MR) is 52.4 cm³/mol. The molecule has 1 rings (SSSR count). The molecule has 78 valence electrons. The van der Waals surface area contributed by atoms with Crippen LogP contribution in [0.4, 0.5) is 0 Å². The van der Waals surface area contributed by atoms with E-state index in [2.05, 4.69) is 0 Å². The van der Waals surface area contributed by atoms with Crippen LogP contribution in [0, 0.1) is 5.41 Å². The summed E-state index contributed by atoms with van der Waals surface area (Å²) in [4.78, 5) is 0. The molecule has 0 bridgehead atoms. The van der Waals surface area contributed by atoms with E-state index in [9.17, 15) is 8.42 Å². The Labute approximate surface area is 83.8 Å². The maximum absolute atomic E-state index is 11.1. The summed E-state index contributed by atoms with van der Waals surface area (Å²) in [6.07, 6.45) is 0.545. The van der Waals surface area contributed by atoms with Crippen LogP contribution in [0.5, 0.6) is 0 Å². The Bertz CT molecular complexity index is 284. The standard InChI is InChI=1S/C8H15ClO3S/c1-4-12-6-5-7(8(6,2)3)13(9,10)11/h6-7H,4-5H2,1-3H3. The van der Waals surface area contributed by atoms with Gasteiger partial charge in [0.2, 0.25) is 9.05 Å². The molecule has 2 unspecified atom stereocenters. The summed E-state index contributed by atoms with van der Waals surface area (Å²) in [5.74, 6) is 0. The third-order valence-electron chi connectivity index (χ3n) is 2.80. The smallest absolute Gasteiger partial charge is 0.236 e. The summed E-state index contributed by atoms with van der Waals surface area (Å²) in [6.45, 7) is 6.27. The molecule has 1 fully saturated rings. The molecule has 1 saturated carbocycles. The van der Waals surface area contributed by atoms with Crippen LogP contribution in [0.1, 0.15) is 27.2 Å². The molecule has 5 heteroatoms. The highest BCUT2D eigenvalue weighted by Gasteiger charge is 2.54. The monoisotopic (exact) mass is 226 g/mol. The number of hydrogen-bond acceptors (Lipinski definition) is 3. The second-order valence-electron chi connectivity index (χ2n) is 3.97. The molecule has 3 nitrogen and oxygen atoms in total. The fourth-order valence-corrected chi connectivity index (χ4v) is 4.00. The van der Waals surface area contributed by atoms with Gasteiger partial charge in [-0.15, -0.1) is 0 Å². The average molecular weight is 227 g/mol. The maximum Gasteiger partial charge on any atom is 0.236 e. The third kappa shape index (κ3) is 2.00. The quantitative estimate of drug-likeness (QED) is 0.689. The van der Waals surface area contributed by atoms with Crippen LogP contribution in [0.25, 0.3) is 0 Å². The van der Waals surface area contributed by atoms with Crippen LogP contribution in [-0.2, 0) is 13.8 Å². The summed E-state index contributed by atoms with van der Waals surface area (Å²) in [6, 6.07) is 0. The van der Waals surface area contributed by atoms with E-state index in [-0.39, 0.29) is 11.5 Å². The van der Waals surface area contributed by atoms with Crippen molar-refractivity contribution >= 4 is 19.7 Å². The predicted octanol–water partition coefficient (Wildman–Crippen LogP) is 1.76. The second kappa shape index (κ2) is 3.41. The molecule has 13 heavy (non-hydrogen) atoms. The molecule has 0 aliphatic heterocycles. The van der Waals surface area contributed by atoms with E-state index in [1.54, 1.807) is 0 Å². The lowest BCUT2D eigenvalue weighted by molar-refractivity contribution is -0.0837. The van der Waals surface area contributed by atoms with Gasteiger partial charge in [0.25, 0.3) is 0 Å². The zero-order chi connectivity index (χ0) is 10.3. The zero-order valence-corrected chi connectivity index (χ0v) is 9.65. The molecular weight excluding hydrogens is 212 g/mol. The van der Waals surface area contributed by atoms with Crippen LogP contribution in [-0.4, -0.2) is 26.4 Å². The van der Waals surface area contributed by atoms with Crippen molar-refractivity contribution in [2.24, 2.45) is 5.41 Å². The number of halogens is 1. The van der Waals surface area contributed by atoms with Gasteiger partial charge in [-0.1, -0.05) is 13.8 Å². The van der Waals surface area contributed by atoms with Crippen molar-refractivity contribution in [3.8, 4) is 0 Å². The van der Waals surface area contributed by atoms with Gasteiger partial charge < -0.3 is 4.74 Å². The van der Waals surface area contributed by atoms with Crippen LogP contribution >= 0.6 is 10.7 Å². The lowest BCUT2D eigenvalue weighted by Crippen LogP contribution is -2.56. The Kier molecular flexibility index (Phi) is 2.95. The minimum Gasteiger partial charge on any atom is -0.378 e. The van der Waals surface area contributed by atoms with Crippen molar-refractivity contribution in [1.29, 1.82) is 0 Å². The van der Waals surface area contributed by atoms with E-state index in [1.807, 2.05) is 20.8 Å². The van der Waals surface area contributed by atoms with Gasteiger partial charge in [0.1, 0.15) is 0 Å². The third-order valence-corrected chi connectivity index (χ3v) is 4.92. The van der Waals surface area contributed by atoms with Crippen LogP contribution in [0.15, 0.2) is 0 Å². The number of rotatable bonds is 3. The fraction of sp³-hybridized carbons (Fsp3) is 1.00.